The number of H-pyrrole nitrogens is 1. The average Bonchev–Trinajstić information content (AvgIpc) is 3.05. The standard InChI is InChI=1S/C14H23N5O2/c1-8-16-13(18-17-8)9-2-4-19(5-3-9)14(21)10-6-11(15)12(20)7-10/h9-12,20H,2-7,15H2,1H3,(H,16,17,18)/t10-,11+,12+/m0/s1. The van der Waals surface area contributed by atoms with Gasteiger partial charge in [0.15, 0.2) is 5.82 Å². The summed E-state index contributed by atoms with van der Waals surface area (Å²) in [7, 11) is 0. The number of nitrogens with zero attached hydrogens (tertiary/aromatic N) is 3. The van der Waals surface area contributed by atoms with E-state index in [4.69, 9.17) is 5.73 Å². The van der Waals surface area contributed by atoms with Gasteiger partial charge in [-0.2, -0.15) is 5.10 Å². The molecule has 0 spiro atoms. The minimum atomic E-state index is -0.535. The quantitative estimate of drug-likeness (QED) is 0.706. The number of hydrogen-bond donors (Lipinski definition) is 3. The van der Waals surface area contributed by atoms with Crippen molar-refractivity contribution in [3.05, 3.63) is 11.6 Å². The molecule has 0 radical (unpaired) electrons. The second kappa shape index (κ2) is 5.73. The highest BCUT2D eigenvalue weighted by Gasteiger charge is 2.37. The Bertz CT molecular complexity index is 499. The van der Waals surface area contributed by atoms with Crippen molar-refractivity contribution in [1.82, 2.24) is 20.1 Å². The van der Waals surface area contributed by atoms with Gasteiger partial charge in [-0.1, -0.05) is 0 Å². The Hall–Kier alpha value is -1.47. The van der Waals surface area contributed by atoms with Crippen LogP contribution in [0.3, 0.4) is 0 Å². The Labute approximate surface area is 123 Å². The van der Waals surface area contributed by atoms with Gasteiger partial charge in [0.2, 0.25) is 5.91 Å². The predicted octanol–water partition coefficient (Wildman–Crippen LogP) is -0.0827. The molecule has 0 bridgehead atoms. The normalized spacial score (nSPS) is 30.8. The third-order valence-electron chi connectivity index (χ3n) is 4.71. The van der Waals surface area contributed by atoms with Crippen LogP contribution in [0.5, 0.6) is 0 Å². The van der Waals surface area contributed by atoms with Crippen molar-refractivity contribution >= 4 is 5.91 Å². The molecule has 2 heterocycles. The molecule has 2 fully saturated rings. The molecule has 2 aliphatic rings. The van der Waals surface area contributed by atoms with Crippen LogP contribution in [0, 0.1) is 12.8 Å². The van der Waals surface area contributed by atoms with Gasteiger partial charge < -0.3 is 15.7 Å². The maximum absolute atomic E-state index is 12.5. The van der Waals surface area contributed by atoms with E-state index in [1.54, 1.807) is 0 Å². The number of likely N-dealkylation sites (tertiary alicyclic amines) is 1. The summed E-state index contributed by atoms with van der Waals surface area (Å²) in [4.78, 5) is 18.8. The molecule has 3 rings (SSSR count). The van der Waals surface area contributed by atoms with Gasteiger partial charge in [-0.3, -0.25) is 9.89 Å². The number of nitrogens with one attached hydrogen (secondary N) is 1. The van der Waals surface area contributed by atoms with E-state index in [2.05, 4.69) is 15.2 Å². The van der Waals surface area contributed by atoms with Gasteiger partial charge in [-0.15, -0.1) is 0 Å². The van der Waals surface area contributed by atoms with E-state index in [-0.39, 0.29) is 17.9 Å². The summed E-state index contributed by atoms with van der Waals surface area (Å²) < 4.78 is 0. The lowest BCUT2D eigenvalue weighted by atomic mass is 9.94. The van der Waals surface area contributed by atoms with Crippen LogP contribution < -0.4 is 5.73 Å². The molecule has 7 heteroatoms. The van der Waals surface area contributed by atoms with Crippen molar-refractivity contribution in [3.63, 3.8) is 0 Å². The fraction of sp³-hybridized carbons (Fsp3) is 0.786. The van der Waals surface area contributed by atoms with Crippen LogP contribution in [-0.4, -0.2) is 56.3 Å². The van der Waals surface area contributed by atoms with Crippen LogP contribution in [0.15, 0.2) is 0 Å². The van der Waals surface area contributed by atoms with Crippen LogP contribution in [0.25, 0.3) is 0 Å². The number of aromatic amines is 1. The smallest absolute Gasteiger partial charge is 0.225 e. The molecule has 1 aliphatic carbocycles. The molecule has 1 saturated heterocycles. The van der Waals surface area contributed by atoms with E-state index >= 15 is 0 Å². The fourth-order valence-corrected chi connectivity index (χ4v) is 3.41. The molecule has 0 aromatic carbocycles. The summed E-state index contributed by atoms with van der Waals surface area (Å²) >= 11 is 0. The number of carbonyl (C=O) groups excluding carboxylic acids is 1. The first kappa shape index (κ1) is 14.5. The van der Waals surface area contributed by atoms with Crippen molar-refractivity contribution in [3.8, 4) is 0 Å². The number of hydrogen-bond acceptors (Lipinski definition) is 5. The summed E-state index contributed by atoms with van der Waals surface area (Å²) in [5.41, 5.74) is 5.80. The molecule has 7 nitrogen and oxygen atoms in total. The first-order valence-corrected chi connectivity index (χ1v) is 7.66. The van der Waals surface area contributed by atoms with E-state index in [1.807, 2.05) is 11.8 Å². The van der Waals surface area contributed by atoms with Crippen molar-refractivity contribution in [2.75, 3.05) is 13.1 Å². The molecular formula is C14H23N5O2. The predicted molar refractivity (Wildman–Crippen MR) is 76.4 cm³/mol. The highest BCUT2D eigenvalue weighted by Crippen LogP contribution is 2.30. The summed E-state index contributed by atoms with van der Waals surface area (Å²) in [6, 6.07) is -0.257. The van der Waals surface area contributed by atoms with Gasteiger partial charge in [0.05, 0.1) is 6.10 Å². The first-order chi connectivity index (χ1) is 10.0. The third-order valence-corrected chi connectivity index (χ3v) is 4.71. The van der Waals surface area contributed by atoms with Gasteiger partial charge in [-0.05, 0) is 32.6 Å². The molecule has 0 unspecified atom stereocenters. The van der Waals surface area contributed by atoms with Crippen molar-refractivity contribution in [1.29, 1.82) is 0 Å². The molecule has 1 aliphatic heterocycles. The number of carbonyl (C=O) groups is 1. The fourth-order valence-electron chi connectivity index (χ4n) is 3.41. The number of aryl methyl sites for hydroxylation is 1. The van der Waals surface area contributed by atoms with E-state index in [0.717, 1.165) is 37.6 Å². The molecule has 1 amide bonds. The molecule has 21 heavy (non-hydrogen) atoms. The Balaban J connectivity index is 1.55. The van der Waals surface area contributed by atoms with E-state index in [1.165, 1.54) is 0 Å². The van der Waals surface area contributed by atoms with Gasteiger partial charge in [-0.25, -0.2) is 4.98 Å². The van der Waals surface area contributed by atoms with Crippen molar-refractivity contribution in [2.45, 2.75) is 50.7 Å². The second-order valence-electron chi connectivity index (χ2n) is 6.28. The third kappa shape index (κ3) is 2.94. The van der Waals surface area contributed by atoms with E-state index in [9.17, 15) is 9.90 Å². The van der Waals surface area contributed by atoms with Gasteiger partial charge in [0, 0.05) is 31.0 Å². The van der Waals surface area contributed by atoms with Crippen LogP contribution in [0.2, 0.25) is 0 Å². The topological polar surface area (TPSA) is 108 Å². The molecule has 1 saturated carbocycles. The number of aliphatic hydroxyl groups is 1. The lowest BCUT2D eigenvalue weighted by Gasteiger charge is -2.32. The SMILES string of the molecule is Cc1nc(C2CCN(C(=O)[C@H]3C[C@@H](N)[C@H](O)C3)CC2)n[nH]1. The Morgan fingerprint density at radius 1 is 1.38 bits per heavy atom. The summed E-state index contributed by atoms with van der Waals surface area (Å²) in [6.45, 7) is 3.36. The molecule has 1 aromatic rings. The number of rotatable bonds is 2. The van der Waals surface area contributed by atoms with Gasteiger partial charge in [0.25, 0.3) is 0 Å². The number of aliphatic hydroxyl groups excluding tert-OH is 1. The molecular weight excluding hydrogens is 270 g/mol. The van der Waals surface area contributed by atoms with Crippen LogP contribution >= 0.6 is 0 Å². The van der Waals surface area contributed by atoms with Crippen molar-refractivity contribution in [2.24, 2.45) is 11.7 Å². The maximum atomic E-state index is 12.5. The van der Waals surface area contributed by atoms with E-state index in [0.29, 0.717) is 18.8 Å². The zero-order valence-corrected chi connectivity index (χ0v) is 12.3. The Morgan fingerprint density at radius 2 is 2.10 bits per heavy atom. The highest BCUT2D eigenvalue weighted by atomic mass is 16.3. The van der Waals surface area contributed by atoms with Gasteiger partial charge >= 0.3 is 0 Å². The number of piperidine rings is 1. The second-order valence-corrected chi connectivity index (χ2v) is 6.28. The van der Waals surface area contributed by atoms with Crippen LogP contribution in [0.1, 0.15) is 43.3 Å². The van der Waals surface area contributed by atoms with Gasteiger partial charge in [0.1, 0.15) is 5.82 Å². The van der Waals surface area contributed by atoms with Crippen LogP contribution in [-0.2, 0) is 4.79 Å². The summed E-state index contributed by atoms with van der Waals surface area (Å²) in [5, 5.41) is 16.8. The van der Waals surface area contributed by atoms with Crippen molar-refractivity contribution < 1.29 is 9.90 Å². The molecule has 1 aromatic heterocycles. The van der Waals surface area contributed by atoms with E-state index < -0.39 is 6.10 Å². The van der Waals surface area contributed by atoms with Crippen LogP contribution in [0.4, 0.5) is 0 Å². The monoisotopic (exact) mass is 293 g/mol. The number of nitrogens with two attached hydrogens (primary N) is 1. The summed E-state index contributed by atoms with van der Waals surface area (Å²) in [6.07, 6.45) is 2.35. The Kier molecular flexibility index (Phi) is 3.95. The minimum Gasteiger partial charge on any atom is -0.391 e. The molecule has 3 atom stereocenters. The zero-order chi connectivity index (χ0) is 15.0. The average molecular weight is 293 g/mol. The lowest BCUT2D eigenvalue weighted by molar-refractivity contribution is -0.136. The molecule has 4 N–H and O–H groups in total. The zero-order valence-electron chi connectivity index (χ0n) is 12.3. The number of aromatic nitrogens is 3. The molecule has 116 valence electrons. The minimum absolute atomic E-state index is 0.114. The number of amides is 1. The highest BCUT2D eigenvalue weighted by molar-refractivity contribution is 5.79. The first-order valence-electron chi connectivity index (χ1n) is 7.66. The maximum Gasteiger partial charge on any atom is 0.225 e. The largest absolute Gasteiger partial charge is 0.391 e. The lowest BCUT2D eigenvalue weighted by Crippen LogP contribution is -2.41. The Morgan fingerprint density at radius 3 is 2.62 bits per heavy atom. The summed E-state index contributed by atoms with van der Waals surface area (Å²) in [5.74, 6) is 2.05.